The van der Waals surface area contributed by atoms with Gasteiger partial charge in [-0.05, 0) is 31.6 Å². The van der Waals surface area contributed by atoms with Gasteiger partial charge in [0.05, 0.1) is 26.4 Å². The first-order valence-corrected chi connectivity index (χ1v) is 46.6. The van der Waals surface area contributed by atoms with Gasteiger partial charge in [0.1, 0.15) is 19.3 Å². The van der Waals surface area contributed by atoms with Crippen LogP contribution in [-0.2, 0) is 65.4 Å². The standard InChI is InChI=1S/C84H164O17P2/c1-6-9-12-15-18-21-24-26-27-28-29-30-31-32-35-40-45-50-55-60-65-70-84(89)101-80(74-95-82(87)68-63-58-53-48-43-39-36-33-34-38-42-46-51-56-61-66-77(4)5)76-99-103(92,93)97-72-78(85)71-96-102(90,91)98-75-79(73-94-81(86)67-62-57-52-47-41-23-20-17-14-11-8-3)100-83(88)69-64-59-54-49-44-37-25-22-19-16-13-10-7-2/h77-80,85H,6-76H2,1-5H3,(H,90,91)(H,92,93)/t78-,79+,80+/m0/s1. The molecule has 0 radical (unpaired) electrons. The van der Waals surface area contributed by atoms with Crippen molar-refractivity contribution in [2.75, 3.05) is 39.6 Å². The average molecular weight is 1510 g/mol. The number of phosphoric ester groups is 2. The molecule has 0 amide bonds. The van der Waals surface area contributed by atoms with Gasteiger partial charge in [0.15, 0.2) is 12.2 Å². The number of phosphoric acid groups is 2. The highest BCUT2D eigenvalue weighted by Gasteiger charge is 2.30. The van der Waals surface area contributed by atoms with Crippen LogP contribution in [0.5, 0.6) is 0 Å². The molecule has 0 rings (SSSR count). The third-order valence-electron chi connectivity index (χ3n) is 19.8. The van der Waals surface area contributed by atoms with E-state index in [9.17, 15) is 43.2 Å². The number of hydrogen-bond acceptors (Lipinski definition) is 15. The number of rotatable bonds is 84. The molecule has 0 heterocycles. The summed E-state index contributed by atoms with van der Waals surface area (Å²) >= 11 is 0. The first-order valence-electron chi connectivity index (χ1n) is 43.6. The average Bonchev–Trinajstić information content (AvgIpc) is 0.918. The van der Waals surface area contributed by atoms with Crippen molar-refractivity contribution in [2.45, 2.75) is 470 Å². The highest BCUT2D eigenvalue weighted by molar-refractivity contribution is 7.47. The van der Waals surface area contributed by atoms with Crippen molar-refractivity contribution in [3.63, 3.8) is 0 Å². The van der Waals surface area contributed by atoms with Crippen molar-refractivity contribution in [3.05, 3.63) is 0 Å². The van der Waals surface area contributed by atoms with Crippen LogP contribution in [0.3, 0.4) is 0 Å². The Bertz CT molecular complexity index is 1960. The summed E-state index contributed by atoms with van der Waals surface area (Å²) in [5.74, 6) is -1.29. The first-order chi connectivity index (χ1) is 50.0. The Labute approximate surface area is 632 Å². The number of esters is 4. The Hall–Kier alpha value is -1.94. The summed E-state index contributed by atoms with van der Waals surface area (Å²) in [6.07, 6.45) is 69.4. The topological polar surface area (TPSA) is 237 Å². The maximum atomic E-state index is 13.1. The van der Waals surface area contributed by atoms with Crippen molar-refractivity contribution in [1.29, 1.82) is 0 Å². The van der Waals surface area contributed by atoms with Crippen LogP contribution >= 0.6 is 15.6 Å². The summed E-state index contributed by atoms with van der Waals surface area (Å²) in [5.41, 5.74) is 0. The number of carbonyl (C=O) groups excluding carboxylic acids is 4. The van der Waals surface area contributed by atoms with E-state index < -0.39 is 97.5 Å². The lowest BCUT2D eigenvalue weighted by Gasteiger charge is -2.21. The van der Waals surface area contributed by atoms with Crippen LogP contribution in [0.1, 0.15) is 452 Å². The summed E-state index contributed by atoms with van der Waals surface area (Å²) in [6, 6.07) is 0. The van der Waals surface area contributed by atoms with E-state index in [1.807, 2.05) is 0 Å². The third kappa shape index (κ3) is 78.0. The van der Waals surface area contributed by atoms with Gasteiger partial charge in [-0.1, -0.05) is 401 Å². The Morgan fingerprint density at radius 2 is 0.447 bits per heavy atom. The van der Waals surface area contributed by atoms with E-state index in [0.29, 0.717) is 25.7 Å². The molecule has 3 N–H and O–H groups in total. The minimum Gasteiger partial charge on any atom is -0.462 e. The number of carbonyl (C=O) groups is 4. The van der Waals surface area contributed by atoms with E-state index in [1.54, 1.807) is 0 Å². The van der Waals surface area contributed by atoms with Gasteiger partial charge in [0, 0.05) is 25.7 Å². The molecule has 0 bridgehead atoms. The molecule has 2 unspecified atom stereocenters. The Balaban J connectivity index is 5.22. The molecule has 17 nitrogen and oxygen atoms in total. The summed E-state index contributed by atoms with van der Waals surface area (Å²) < 4.78 is 68.8. The molecule has 0 aromatic heterocycles. The Morgan fingerprint density at radius 1 is 0.262 bits per heavy atom. The largest absolute Gasteiger partial charge is 0.472 e. The van der Waals surface area contributed by atoms with E-state index in [2.05, 4.69) is 34.6 Å². The van der Waals surface area contributed by atoms with Crippen LogP contribution in [0.4, 0.5) is 0 Å². The summed E-state index contributed by atoms with van der Waals surface area (Å²) in [7, 11) is -9.92. The van der Waals surface area contributed by atoms with Gasteiger partial charge >= 0.3 is 39.5 Å². The zero-order valence-electron chi connectivity index (χ0n) is 67.5. The maximum absolute atomic E-state index is 13.1. The first kappa shape index (κ1) is 101. The minimum absolute atomic E-state index is 0.108. The lowest BCUT2D eigenvalue weighted by molar-refractivity contribution is -0.161. The van der Waals surface area contributed by atoms with Gasteiger partial charge in [-0.3, -0.25) is 37.3 Å². The van der Waals surface area contributed by atoms with Crippen molar-refractivity contribution in [2.24, 2.45) is 5.92 Å². The molecule has 5 atom stereocenters. The molecule has 612 valence electrons. The molecule has 0 aliphatic rings. The molecular weight excluding hydrogens is 1340 g/mol. The zero-order chi connectivity index (χ0) is 75.5. The molecule has 0 aliphatic heterocycles. The van der Waals surface area contributed by atoms with Crippen LogP contribution in [-0.4, -0.2) is 96.7 Å². The maximum Gasteiger partial charge on any atom is 0.472 e. The fraction of sp³-hybridized carbons (Fsp3) is 0.952. The smallest absolute Gasteiger partial charge is 0.462 e. The van der Waals surface area contributed by atoms with Crippen molar-refractivity contribution in [1.82, 2.24) is 0 Å². The normalized spacial score (nSPS) is 13.8. The van der Waals surface area contributed by atoms with Crippen LogP contribution in [0, 0.1) is 5.92 Å². The number of aliphatic hydroxyl groups excluding tert-OH is 1. The Morgan fingerprint density at radius 3 is 0.660 bits per heavy atom. The van der Waals surface area contributed by atoms with Crippen molar-refractivity contribution < 1.29 is 80.2 Å². The van der Waals surface area contributed by atoms with Gasteiger partial charge in [0.25, 0.3) is 0 Å². The van der Waals surface area contributed by atoms with Crippen molar-refractivity contribution >= 4 is 39.5 Å². The van der Waals surface area contributed by atoms with Crippen molar-refractivity contribution in [3.8, 4) is 0 Å². The van der Waals surface area contributed by atoms with Crippen LogP contribution < -0.4 is 0 Å². The number of hydrogen-bond donors (Lipinski definition) is 3. The van der Waals surface area contributed by atoms with E-state index >= 15 is 0 Å². The molecule has 0 fully saturated rings. The molecule has 0 saturated carbocycles. The fourth-order valence-electron chi connectivity index (χ4n) is 13.1. The van der Waals surface area contributed by atoms with Crippen LogP contribution in [0.2, 0.25) is 0 Å². The molecule has 0 aromatic rings. The monoisotopic (exact) mass is 1510 g/mol. The molecule has 0 aliphatic carbocycles. The van der Waals surface area contributed by atoms with E-state index in [1.165, 1.54) is 276 Å². The van der Waals surface area contributed by atoms with E-state index in [4.69, 9.17) is 37.0 Å². The second-order valence-corrected chi connectivity index (χ2v) is 33.6. The minimum atomic E-state index is -4.96. The molecule has 103 heavy (non-hydrogen) atoms. The quantitative estimate of drug-likeness (QED) is 0.0222. The van der Waals surface area contributed by atoms with Gasteiger partial charge < -0.3 is 33.8 Å². The lowest BCUT2D eigenvalue weighted by Crippen LogP contribution is -2.30. The second-order valence-electron chi connectivity index (χ2n) is 30.7. The highest BCUT2D eigenvalue weighted by atomic mass is 31.2. The van der Waals surface area contributed by atoms with E-state index in [-0.39, 0.29) is 25.7 Å². The molecule has 0 saturated heterocycles. The number of ether oxygens (including phenoxy) is 4. The third-order valence-corrected chi connectivity index (χ3v) is 21.7. The summed E-state index contributed by atoms with van der Waals surface area (Å²) in [4.78, 5) is 73.1. The molecule has 0 aromatic carbocycles. The second kappa shape index (κ2) is 76.8. The SMILES string of the molecule is CCCCCCCCCCCCCCCCCCCCCCCC(=O)O[C@H](COC(=O)CCCCCCCCCCCCCCCCCC(C)C)COP(=O)(O)OC[C@@H](O)COP(=O)(O)OC[C@@H](COC(=O)CCCCCCCCCCCCC)OC(=O)CCCCCCCCCCCCCCC. The van der Waals surface area contributed by atoms with E-state index in [0.717, 1.165) is 95.8 Å². The Kier molecular flexibility index (Phi) is 75.4. The molecular formula is C84H164O17P2. The zero-order valence-corrected chi connectivity index (χ0v) is 69.3. The van der Waals surface area contributed by atoms with Gasteiger partial charge in [-0.2, -0.15) is 0 Å². The highest BCUT2D eigenvalue weighted by Crippen LogP contribution is 2.45. The van der Waals surface area contributed by atoms with Gasteiger partial charge in [-0.15, -0.1) is 0 Å². The van der Waals surface area contributed by atoms with Crippen LogP contribution in [0.25, 0.3) is 0 Å². The summed E-state index contributed by atoms with van der Waals surface area (Å²) in [5, 5.41) is 10.7. The summed E-state index contributed by atoms with van der Waals surface area (Å²) in [6.45, 7) is 7.38. The predicted molar refractivity (Wildman–Crippen MR) is 423 cm³/mol. The number of unbranched alkanes of at least 4 members (excludes halogenated alkanes) is 56. The molecule has 19 heteroatoms. The molecule has 0 spiro atoms. The van der Waals surface area contributed by atoms with Gasteiger partial charge in [0.2, 0.25) is 0 Å². The lowest BCUT2D eigenvalue weighted by atomic mass is 10.0. The van der Waals surface area contributed by atoms with Gasteiger partial charge in [-0.25, -0.2) is 9.13 Å². The fourth-order valence-corrected chi connectivity index (χ4v) is 14.7. The predicted octanol–water partition coefficient (Wildman–Crippen LogP) is 25.6. The van der Waals surface area contributed by atoms with Crippen LogP contribution in [0.15, 0.2) is 0 Å². The number of aliphatic hydroxyl groups is 1.